The van der Waals surface area contributed by atoms with Crippen molar-refractivity contribution in [1.29, 1.82) is 0 Å². The van der Waals surface area contributed by atoms with E-state index < -0.39 is 0 Å². The lowest BCUT2D eigenvalue weighted by Gasteiger charge is -2.18. The molecular formula is C13H22N6O. The van der Waals surface area contributed by atoms with Gasteiger partial charge in [-0.15, -0.1) is 0 Å². The van der Waals surface area contributed by atoms with Crippen LogP contribution in [0.3, 0.4) is 0 Å². The topological polar surface area (TPSA) is 113 Å². The van der Waals surface area contributed by atoms with Gasteiger partial charge in [0.15, 0.2) is 0 Å². The summed E-state index contributed by atoms with van der Waals surface area (Å²) >= 11 is 0. The number of rotatable bonds is 5. The standard InChI is InChI=1S/C13H22N6O/c14-10-7-19(6-9(10)8-1-2-8)12-5-11(16-3-4-20)17-13(15)18-12/h5,8-10,20H,1-4,6-7,14H2,(H3,15,16,17,18)/t9-,10+/m0/s1. The molecule has 6 N–H and O–H groups in total. The number of aromatic nitrogens is 2. The molecule has 0 aromatic carbocycles. The van der Waals surface area contributed by atoms with Crippen LogP contribution in [0.25, 0.3) is 0 Å². The lowest BCUT2D eigenvalue weighted by atomic mass is 9.99. The highest BCUT2D eigenvalue weighted by Crippen LogP contribution is 2.41. The molecule has 0 radical (unpaired) electrons. The van der Waals surface area contributed by atoms with Crippen molar-refractivity contribution >= 4 is 17.6 Å². The predicted molar refractivity (Wildman–Crippen MR) is 78.4 cm³/mol. The first-order valence-electron chi connectivity index (χ1n) is 7.17. The van der Waals surface area contributed by atoms with E-state index in [1.54, 1.807) is 0 Å². The van der Waals surface area contributed by atoms with Crippen molar-refractivity contribution in [1.82, 2.24) is 9.97 Å². The van der Waals surface area contributed by atoms with Crippen molar-refractivity contribution in [3.8, 4) is 0 Å². The molecule has 2 fully saturated rings. The first-order valence-corrected chi connectivity index (χ1v) is 7.17. The monoisotopic (exact) mass is 278 g/mol. The number of nitrogens with two attached hydrogens (primary N) is 2. The molecule has 1 aromatic heterocycles. The normalized spacial score (nSPS) is 26.0. The van der Waals surface area contributed by atoms with Crippen LogP contribution in [0.4, 0.5) is 17.6 Å². The van der Waals surface area contributed by atoms with Gasteiger partial charge in [0, 0.05) is 31.7 Å². The lowest BCUT2D eigenvalue weighted by molar-refractivity contribution is 0.311. The molecule has 1 aliphatic carbocycles. The average Bonchev–Trinajstić information content (AvgIpc) is 3.19. The SMILES string of the molecule is Nc1nc(NCCO)cc(N2C[C@@H](N)[C@H](C3CC3)C2)n1. The minimum absolute atomic E-state index is 0.0532. The molecule has 20 heavy (non-hydrogen) atoms. The predicted octanol–water partition coefficient (Wildman–Crippen LogP) is -0.363. The van der Waals surface area contributed by atoms with Gasteiger partial charge in [-0.3, -0.25) is 0 Å². The molecule has 0 unspecified atom stereocenters. The van der Waals surface area contributed by atoms with Gasteiger partial charge in [0.1, 0.15) is 11.6 Å². The maximum Gasteiger partial charge on any atom is 0.223 e. The first-order chi connectivity index (χ1) is 9.67. The van der Waals surface area contributed by atoms with Crippen LogP contribution in [0, 0.1) is 11.8 Å². The van der Waals surface area contributed by atoms with E-state index in [4.69, 9.17) is 16.6 Å². The van der Waals surface area contributed by atoms with Gasteiger partial charge in [0.2, 0.25) is 5.95 Å². The summed E-state index contributed by atoms with van der Waals surface area (Å²) in [7, 11) is 0. The number of nitrogen functional groups attached to an aromatic ring is 1. The van der Waals surface area contributed by atoms with E-state index in [0.717, 1.165) is 24.8 Å². The van der Waals surface area contributed by atoms with E-state index in [2.05, 4.69) is 20.2 Å². The number of anilines is 3. The molecule has 0 amide bonds. The fraction of sp³-hybridized carbons (Fsp3) is 0.692. The molecule has 3 rings (SSSR count). The Morgan fingerprint density at radius 1 is 1.35 bits per heavy atom. The maximum absolute atomic E-state index is 8.85. The third-order valence-corrected chi connectivity index (χ3v) is 4.11. The molecular weight excluding hydrogens is 256 g/mol. The van der Waals surface area contributed by atoms with E-state index in [0.29, 0.717) is 18.3 Å². The number of nitrogens with zero attached hydrogens (tertiary/aromatic N) is 3. The van der Waals surface area contributed by atoms with Crippen LogP contribution in [0.15, 0.2) is 6.07 Å². The van der Waals surface area contributed by atoms with Crippen LogP contribution >= 0.6 is 0 Å². The summed E-state index contributed by atoms with van der Waals surface area (Å²) in [5, 5.41) is 11.9. The molecule has 0 spiro atoms. The summed E-state index contributed by atoms with van der Waals surface area (Å²) < 4.78 is 0. The van der Waals surface area contributed by atoms with Gasteiger partial charge < -0.3 is 26.8 Å². The van der Waals surface area contributed by atoms with Crippen LogP contribution < -0.4 is 21.7 Å². The summed E-state index contributed by atoms with van der Waals surface area (Å²) in [6.07, 6.45) is 2.61. The number of nitrogens with one attached hydrogen (secondary N) is 1. The Morgan fingerprint density at radius 2 is 2.15 bits per heavy atom. The molecule has 110 valence electrons. The highest BCUT2D eigenvalue weighted by Gasteiger charge is 2.41. The highest BCUT2D eigenvalue weighted by molar-refractivity contribution is 5.53. The number of aliphatic hydroxyl groups is 1. The summed E-state index contributed by atoms with van der Waals surface area (Å²) in [5.41, 5.74) is 12.0. The second kappa shape index (κ2) is 5.41. The van der Waals surface area contributed by atoms with Gasteiger partial charge in [-0.05, 0) is 24.7 Å². The van der Waals surface area contributed by atoms with Crippen molar-refractivity contribution < 1.29 is 5.11 Å². The van der Waals surface area contributed by atoms with Crippen LogP contribution in [0.2, 0.25) is 0 Å². The Morgan fingerprint density at radius 3 is 2.85 bits per heavy atom. The molecule has 0 bridgehead atoms. The average molecular weight is 278 g/mol. The first kappa shape index (κ1) is 13.4. The second-order valence-corrected chi connectivity index (χ2v) is 5.69. The molecule has 2 aliphatic rings. The molecule has 7 nitrogen and oxygen atoms in total. The fourth-order valence-corrected chi connectivity index (χ4v) is 2.95. The van der Waals surface area contributed by atoms with Gasteiger partial charge in [0.05, 0.1) is 6.61 Å². The highest BCUT2D eigenvalue weighted by atomic mass is 16.3. The smallest absolute Gasteiger partial charge is 0.223 e. The van der Waals surface area contributed by atoms with E-state index in [1.165, 1.54) is 12.8 Å². The zero-order valence-corrected chi connectivity index (χ0v) is 11.5. The van der Waals surface area contributed by atoms with Crippen LogP contribution in [-0.2, 0) is 0 Å². The molecule has 1 aromatic rings. The van der Waals surface area contributed by atoms with E-state index in [-0.39, 0.29) is 18.6 Å². The van der Waals surface area contributed by atoms with Crippen molar-refractivity contribution in [3.05, 3.63) is 6.07 Å². The number of hydrogen-bond acceptors (Lipinski definition) is 7. The molecule has 7 heteroatoms. The van der Waals surface area contributed by atoms with Crippen molar-refractivity contribution in [2.75, 3.05) is 42.2 Å². The summed E-state index contributed by atoms with van der Waals surface area (Å²) in [6.45, 7) is 2.26. The third-order valence-electron chi connectivity index (χ3n) is 4.11. The van der Waals surface area contributed by atoms with Crippen LogP contribution in [0.5, 0.6) is 0 Å². The quantitative estimate of drug-likeness (QED) is 0.581. The fourth-order valence-electron chi connectivity index (χ4n) is 2.95. The summed E-state index contributed by atoms with van der Waals surface area (Å²) in [6, 6.07) is 2.08. The molecule has 1 saturated heterocycles. The van der Waals surface area contributed by atoms with E-state index >= 15 is 0 Å². The number of aliphatic hydroxyl groups excluding tert-OH is 1. The second-order valence-electron chi connectivity index (χ2n) is 5.69. The van der Waals surface area contributed by atoms with Crippen molar-refractivity contribution in [2.45, 2.75) is 18.9 Å². The van der Waals surface area contributed by atoms with Gasteiger partial charge in [0.25, 0.3) is 0 Å². The van der Waals surface area contributed by atoms with Gasteiger partial charge >= 0.3 is 0 Å². The van der Waals surface area contributed by atoms with E-state index in [9.17, 15) is 0 Å². The minimum atomic E-state index is 0.0532. The number of hydrogen-bond donors (Lipinski definition) is 4. The molecule has 1 saturated carbocycles. The minimum Gasteiger partial charge on any atom is -0.395 e. The summed E-state index contributed by atoms with van der Waals surface area (Å²) in [5.74, 6) is 3.06. The molecule has 2 heterocycles. The van der Waals surface area contributed by atoms with Crippen LogP contribution in [0.1, 0.15) is 12.8 Å². The van der Waals surface area contributed by atoms with Crippen molar-refractivity contribution in [2.24, 2.45) is 17.6 Å². The Kier molecular flexibility index (Phi) is 3.62. The van der Waals surface area contributed by atoms with Crippen molar-refractivity contribution in [3.63, 3.8) is 0 Å². The summed E-state index contributed by atoms with van der Waals surface area (Å²) in [4.78, 5) is 10.6. The molecule has 2 atom stereocenters. The molecule has 1 aliphatic heterocycles. The van der Waals surface area contributed by atoms with Gasteiger partial charge in [-0.1, -0.05) is 0 Å². The Balaban J connectivity index is 1.74. The Labute approximate surface area is 118 Å². The van der Waals surface area contributed by atoms with E-state index in [1.807, 2.05) is 6.07 Å². The van der Waals surface area contributed by atoms with Crippen LogP contribution in [-0.4, -0.2) is 47.4 Å². The largest absolute Gasteiger partial charge is 0.395 e. The van der Waals surface area contributed by atoms with Gasteiger partial charge in [-0.25, -0.2) is 0 Å². The maximum atomic E-state index is 8.85. The Hall–Kier alpha value is -1.60. The third kappa shape index (κ3) is 2.78. The Bertz CT molecular complexity index is 478. The zero-order valence-electron chi connectivity index (χ0n) is 11.5. The zero-order chi connectivity index (χ0) is 14.1. The van der Waals surface area contributed by atoms with Gasteiger partial charge in [-0.2, -0.15) is 9.97 Å². The lowest BCUT2D eigenvalue weighted by Crippen LogP contribution is -2.30.